The van der Waals surface area contributed by atoms with Crippen LogP contribution in [0.5, 0.6) is 0 Å². The van der Waals surface area contributed by atoms with E-state index in [0.717, 1.165) is 24.1 Å². The summed E-state index contributed by atoms with van der Waals surface area (Å²) in [5.74, 6) is -0.217. The molecule has 0 radical (unpaired) electrons. The van der Waals surface area contributed by atoms with Crippen molar-refractivity contribution in [1.82, 2.24) is 0 Å². The highest BCUT2D eigenvalue weighted by molar-refractivity contribution is 5.58. The molecule has 2 rings (SSSR count). The molecule has 1 aromatic carbocycles. The van der Waals surface area contributed by atoms with Crippen LogP contribution in [0.1, 0.15) is 36.9 Å². The molecule has 0 saturated heterocycles. The van der Waals surface area contributed by atoms with E-state index < -0.39 is 0 Å². The average Bonchev–Trinajstić information content (AvgIpc) is 3.13. The summed E-state index contributed by atoms with van der Waals surface area (Å²) in [5, 5.41) is 9.18. The molecule has 18 heavy (non-hydrogen) atoms. The standard InChI is InChI=1S/C14H21FN2O/c1-9-7-14(12(10(2)16)8-13(9)15)17(5-6-18)11-3-4-11/h7-8,10-11,18H,3-6,16H2,1-2H3/t10-/m0/s1. The van der Waals surface area contributed by atoms with E-state index in [9.17, 15) is 9.50 Å². The number of hydrogen-bond acceptors (Lipinski definition) is 3. The normalized spacial score (nSPS) is 16.7. The Kier molecular flexibility index (Phi) is 3.88. The number of nitrogens with two attached hydrogens (primary N) is 1. The Labute approximate surface area is 107 Å². The van der Waals surface area contributed by atoms with E-state index in [1.807, 2.05) is 13.0 Å². The number of rotatable bonds is 5. The molecule has 0 aliphatic heterocycles. The molecule has 1 aliphatic carbocycles. The predicted octanol–water partition coefficient (Wildman–Crippen LogP) is 2.11. The molecule has 1 saturated carbocycles. The summed E-state index contributed by atoms with van der Waals surface area (Å²) in [6, 6.07) is 3.64. The number of aryl methyl sites for hydroxylation is 1. The summed E-state index contributed by atoms with van der Waals surface area (Å²) in [7, 11) is 0. The first-order valence-electron chi connectivity index (χ1n) is 6.47. The van der Waals surface area contributed by atoms with Crippen LogP contribution in [0.4, 0.5) is 10.1 Å². The van der Waals surface area contributed by atoms with E-state index in [2.05, 4.69) is 4.90 Å². The number of nitrogens with zero attached hydrogens (tertiary/aromatic N) is 1. The number of hydrogen-bond donors (Lipinski definition) is 2. The van der Waals surface area contributed by atoms with Crippen LogP contribution in [-0.4, -0.2) is 24.3 Å². The number of benzene rings is 1. The molecule has 0 spiro atoms. The van der Waals surface area contributed by atoms with E-state index in [1.54, 1.807) is 6.92 Å². The smallest absolute Gasteiger partial charge is 0.126 e. The highest BCUT2D eigenvalue weighted by Crippen LogP contribution is 2.36. The van der Waals surface area contributed by atoms with Crippen molar-refractivity contribution in [3.63, 3.8) is 0 Å². The van der Waals surface area contributed by atoms with E-state index >= 15 is 0 Å². The molecule has 3 nitrogen and oxygen atoms in total. The Hall–Kier alpha value is -1.13. The van der Waals surface area contributed by atoms with Crippen LogP contribution in [0.3, 0.4) is 0 Å². The van der Waals surface area contributed by atoms with Gasteiger partial charge in [-0.05, 0) is 49.9 Å². The lowest BCUT2D eigenvalue weighted by atomic mass is 10.0. The van der Waals surface area contributed by atoms with Crippen molar-refractivity contribution in [2.45, 2.75) is 38.8 Å². The second kappa shape index (κ2) is 5.24. The summed E-state index contributed by atoms with van der Waals surface area (Å²) in [4.78, 5) is 2.16. The summed E-state index contributed by atoms with van der Waals surface area (Å²) in [5.41, 5.74) is 8.35. The zero-order valence-corrected chi connectivity index (χ0v) is 11.0. The number of anilines is 1. The minimum absolute atomic E-state index is 0.102. The second-order valence-electron chi connectivity index (χ2n) is 5.10. The quantitative estimate of drug-likeness (QED) is 0.844. The van der Waals surface area contributed by atoms with Crippen molar-refractivity contribution in [2.24, 2.45) is 5.73 Å². The Balaban J connectivity index is 2.42. The molecule has 0 heterocycles. The molecule has 4 heteroatoms. The van der Waals surface area contributed by atoms with Crippen molar-refractivity contribution >= 4 is 5.69 Å². The van der Waals surface area contributed by atoms with Gasteiger partial charge in [-0.2, -0.15) is 0 Å². The van der Waals surface area contributed by atoms with Crippen molar-refractivity contribution in [1.29, 1.82) is 0 Å². The minimum atomic E-state index is -0.217. The average molecular weight is 252 g/mol. The van der Waals surface area contributed by atoms with E-state index in [4.69, 9.17) is 5.73 Å². The molecule has 0 amide bonds. The third kappa shape index (κ3) is 2.65. The molecule has 3 N–H and O–H groups in total. The zero-order chi connectivity index (χ0) is 13.3. The molecule has 100 valence electrons. The van der Waals surface area contributed by atoms with Gasteiger partial charge in [-0.3, -0.25) is 0 Å². The fourth-order valence-electron chi connectivity index (χ4n) is 2.29. The first-order valence-corrected chi connectivity index (χ1v) is 6.47. The van der Waals surface area contributed by atoms with Gasteiger partial charge < -0.3 is 15.7 Å². The first kappa shape index (κ1) is 13.3. The third-order valence-electron chi connectivity index (χ3n) is 3.44. The molecule has 1 aliphatic rings. The van der Waals surface area contributed by atoms with Gasteiger partial charge in [0, 0.05) is 24.3 Å². The lowest BCUT2D eigenvalue weighted by molar-refractivity contribution is 0.301. The number of aliphatic hydroxyl groups is 1. The first-order chi connectivity index (χ1) is 8.54. The topological polar surface area (TPSA) is 49.5 Å². The monoisotopic (exact) mass is 252 g/mol. The summed E-state index contributed by atoms with van der Waals surface area (Å²) in [6.07, 6.45) is 2.27. The molecule has 1 aromatic rings. The van der Waals surface area contributed by atoms with E-state index in [0.29, 0.717) is 18.2 Å². The van der Waals surface area contributed by atoms with Gasteiger partial charge in [0.1, 0.15) is 5.82 Å². The zero-order valence-electron chi connectivity index (χ0n) is 11.0. The largest absolute Gasteiger partial charge is 0.395 e. The summed E-state index contributed by atoms with van der Waals surface area (Å²) < 4.78 is 13.7. The van der Waals surface area contributed by atoms with Crippen molar-refractivity contribution < 1.29 is 9.50 Å². The van der Waals surface area contributed by atoms with Gasteiger partial charge in [-0.1, -0.05) is 0 Å². The third-order valence-corrected chi connectivity index (χ3v) is 3.44. The lowest BCUT2D eigenvalue weighted by Crippen LogP contribution is -2.30. The highest BCUT2D eigenvalue weighted by atomic mass is 19.1. The Morgan fingerprint density at radius 2 is 2.17 bits per heavy atom. The molecule has 1 fully saturated rings. The SMILES string of the molecule is Cc1cc(N(CCO)C2CC2)c([C@H](C)N)cc1F. The minimum Gasteiger partial charge on any atom is -0.395 e. The molecule has 0 bridgehead atoms. The van der Waals surface area contributed by atoms with Gasteiger partial charge in [0.25, 0.3) is 0 Å². The van der Waals surface area contributed by atoms with Gasteiger partial charge in [0.15, 0.2) is 0 Å². The van der Waals surface area contributed by atoms with E-state index in [1.165, 1.54) is 6.07 Å². The number of aliphatic hydroxyl groups excluding tert-OH is 1. The Morgan fingerprint density at radius 1 is 1.50 bits per heavy atom. The van der Waals surface area contributed by atoms with Gasteiger partial charge >= 0.3 is 0 Å². The molecule has 0 unspecified atom stereocenters. The Bertz CT molecular complexity index is 430. The van der Waals surface area contributed by atoms with Crippen LogP contribution in [0.15, 0.2) is 12.1 Å². The van der Waals surface area contributed by atoms with Crippen molar-refractivity contribution in [3.8, 4) is 0 Å². The summed E-state index contributed by atoms with van der Waals surface area (Å²) in [6.45, 7) is 4.30. The maximum Gasteiger partial charge on any atom is 0.126 e. The molecule has 0 aromatic heterocycles. The second-order valence-corrected chi connectivity index (χ2v) is 5.10. The van der Waals surface area contributed by atoms with Gasteiger partial charge in [-0.15, -0.1) is 0 Å². The predicted molar refractivity (Wildman–Crippen MR) is 71.2 cm³/mol. The van der Waals surface area contributed by atoms with Crippen LogP contribution >= 0.6 is 0 Å². The van der Waals surface area contributed by atoms with Crippen LogP contribution in [0, 0.1) is 12.7 Å². The van der Waals surface area contributed by atoms with Crippen LogP contribution in [0.2, 0.25) is 0 Å². The maximum atomic E-state index is 13.7. The Morgan fingerprint density at radius 3 is 2.67 bits per heavy atom. The number of halogens is 1. The van der Waals surface area contributed by atoms with Gasteiger partial charge in [0.05, 0.1) is 6.61 Å². The maximum absolute atomic E-state index is 13.7. The van der Waals surface area contributed by atoms with E-state index in [-0.39, 0.29) is 18.5 Å². The molecular formula is C14H21FN2O. The van der Waals surface area contributed by atoms with Crippen LogP contribution < -0.4 is 10.6 Å². The fraction of sp³-hybridized carbons (Fsp3) is 0.571. The van der Waals surface area contributed by atoms with Crippen LogP contribution in [-0.2, 0) is 0 Å². The lowest BCUT2D eigenvalue weighted by Gasteiger charge is -2.28. The van der Waals surface area contributed by atoms with Crippen LogP contribution in [0.25, 0.3) is 0 Å². The molecule has 1 atom stereocenters. The summed E-state index contributed by atoms with van der Waals surface area (Å²) >= 11 is 0. The van der Waals surface area contributed by atoms with Gasteiger partial charge in [-0.25, -0.2) is 4.39 Å². The van der Waals surface area contributed by atoms with Gasteiger partial charge in [0.2, 0.25) is 0 Å². The van der Waals surface area contributed by atoms with Crippen molar-refractivity contribution in [3.05, 3.63) is 29.1 Å². The molecular weight excluding hydrogens is 231 g/mol. The fourth-order valence-corrected chi connectivity index (χ4v) is 2.29. The highest BCUT2D eigenvalue weighted by Gasteiger charge is 2.30. The van der Waals surface area contributed by atoms with Crippen molar-refractivity contribution in [2.75, 3.05) is 18.1 Å².